The summed E-state index contributed by atoms with van der Waals surface area (Å²) >= 11 is 5.33. The molecule has 0 unspecified atom stereocenters. The number of benzene rings is 2. The minimum atomic E-state index is -0.228. The van der Waals surface area contributed by atoms with Gasteiger partial charge in [-0.1, -0.05) is 34.1 Å². The maximum Gasteiger partial charge on any atom is 0.189 e. The van der Waals surface area contributed by atoms with E-state index in [2.05, 4.69) is 15.9 Å². The van der Waals surface area contributed by atoms with Crippen LogP contribution in [0.1, 0.15) is 15.9 Å². The number of hydrogen-bond acceptors (Lipinski definition) is 3. The molecule has 0 amide bonds. The van der Waals surface area contributed by atoms with Crippen molar-refractivity contribution in [2.75, 3.05) is 19.0 Å². The molecular weight excluding hydrogens is 457 g/mol. The zero-order chi connectivity index (χ0) is 16.3. The normalized spacial score (nSPS) is 10.9. The van der Waals surface area contributed by atoms with Crippen LogP contribution in [0.3, 0.4) is 0 Å². The molecule has 0 aliphatic heterocycles. The van der Waals surface area contributed by atoms with E-state index in [4.69, 9.17) is 0 Å². The summed E-state index contributed by atoms with van der Waals surface area (Å²) in [5.74, 6) is -0.213. The molecule has 0 aromatic heterocycles. The van der Waals surface area contributed by atoms with Crippen LogP contribution in [0.2, 0.25) is 0 Å². The van der Waals surface area contributed by atoms with Gasteiger partial charge in [0, 0.05) is 24.3 Å². The summed E-state index contributed by atoms with van der Waals surface area (Å²) in [7, 11) is 3.96. The summed E-state index contributed by atoms with van der Waals surface area (Å²) in [5, 5.41) is 10.00. The van der Waals surface area contributed by atoms with Gasteiger partial charge in [-0.05, 0) is 58.5 Å². The maximum absolute atomic E-state index is 12.2. The number of aromatic hydroxyl groups is 1. The molecule has 0 fully saturated rings. The molecule has 0 aliphatic carbocycles. The fourth-order valence-electron chi connectivity index (χ4n) is 1.90. The molecule has 22 heavy (non-hydrogen) atoms. The summed E-state index contributed by atoms with van der Waals surface area (Å²) in [4.78, 5) is 14.3. The van der Waals surface area contributed by atoms with Crippen molar-refractivity contribution in [2.24, 2.45) is 0 Å². The molecule has 1 N–H and O–H groups in total. The molecule has 0 saturated heterocycles. The summed E-state index contributed by atoms with van der Waals surface area (Å²) in [6, 6.07) is 11.3. The average Bonchev–Trinajstić information content (AvgIpc) is 2.48. The van der Waals surface area contributed by atoms with Crippen molar-refractivity contribution in [3.63, 3.8) is 0 Å². The van der Waals surface area contributed by atoms with Gasteiger partial charge < -0.3 is 10.0 Å². The van der Waals surface area contributed by atoms with E-state index in [0.29, 0.717) is 9.13 Å². The Labute approximate surface area is 151 Å². The number of carbonyl (C=O) groups excluding carboxylic acids is 1. The predicted octanol–water partition coefficient (Wildman–Crippen LogP) is 4.72. The zero-order valence-electron chi connectivity index (χ0n) is 12.2. The smallest absolute Gasteiger partial charge is 0.189 e. The van der Waals surface area contributed by atoms with Crippen molar-refractivity contribution >= 4 is 56.1 Å². The van der Waals surface area contributed by atoms with Crippen LogP contribution in [0.15, 0.2) is 46.9 Å². The van der Waals surface area contributed by atoms with Crippen LogP contribution in [0.25, 0.3) is 6.08 Å². The van der Waals surface area contributed by atoms with Crippen LogP contribution >= 0.6 is 38.5 Å². The van der Waals surface area contributed by atoms with E-state index in [0.717, 1.165) is 15.7 Å². The molecule has 0 spiro atoms. The molecule has 5 heteroatoms. The standard InChI is InChI=1S/C17H15BrINO2/c1-20(2)13-6-3-11(4-7-13)5-8-16(21)14-9-12(18)10-15(19)17(14)22/h3-10,22H,1-2H3/b8-5+. The Morgan fingerprint density at radius 2 is 1.86 bits per heavy atom. The van der Waals surface area contributed by atoms with E-state index in [9.17, 15) is 9.90 Å². The fraction of sp³-hybridized carbons (Fsp3) is 0.118. The van der Waals surface area contributed by atoms with Gasteiger partial charge in [-0.25, -0.2) is 0 Å². The van der Waals surface area contributed by atoms with Crippen molar-refractivity contribution in [3.05, 3.63) is 61.6 Å². The highest BCUT2D eigenvalue weighted by atomic mass is 127. The summed E-state index contributed by atoms with van der Waals surface area (Å²) in [5.41, 5.74) is 2.32. The van der Waals surface area contributed by atoms with Crippen molar-refractivity contribution in [1.29, 1.82) is 0 Å². The third-order valence-electron chi connectivity index (χ3n) is 3.13. The Hall–Kier alpha value is -1.34. The van der Waals surface area contributed by atoms with E-state index in [1.165, 1.54) is 6.08 Å². The summed E-state index contributed by atoms with van der Waals surface area (Å²) in [6.07, 6.45) is 3.22. The van der Waals surface area contributed by atoms with Crippen LogP contribution < -0.4 is 4.90 Å². The van der Waals surface area contributed by atoms with Gasteiger partial charge in [0.25, 0.3) is 0 Å². The SMILES string of the molecule is CN(C)c1ccc(/C=C/C(=O)c2cc(Br)cc(I)c2O)cc1. The lowest BCUT2D eigenvalue weighted by molar-refractivity contribution is 0.104. The van der Waals surface area contributed by atoms with Crippen LogP contribution in [-0.2, 0) is 0 Å². The first kappa shape index (κ1) is 17.0. The van der Waals surface area contributed by atoms with Crippen molar-refractivity contribution < 1.29 is 9.90 Å². The molecule has 114 valence electrons. The van der Waals surface area contributed by atoms with Gasteiger partial charge in [-0.2, -0.15) is 0 Å². The molecule has 0 radical (unpaired) electrons. The van der Waals surface area contributed by atoms with Crippen molar-refractivity contribution in [1.82, 2.24) is 0 Å². The predicted molar refractivity (Wildman–Crippen MR) is 103 cm³/mol. The molecule has 0 bridgehead atoms. The van der Waals surface area contributed by atoms with Gasteiger partial charge in [0.15, 0.2) is 5.78 Å². The quantitative estimate of drug-likeness (QED) is 0.398. The summed E-state index contributed by atoms with van der Waals surface area (Å²) < 4.78 is 1.40. The Bertz CT molecular complexity index is 724. The van der Waals surface area contributed by atoms with Crippen molar-refractivity contribution in [3.8, 4) is 5.75 Å². The third-order valence-corrected chi connectivity index (χ3v) is 4.41. The second kappa shape index (κ2) is 7.28. The summed E-state index contributed by atoms with van der Waals surface area (Å²) in [6.45, 7) is 0. The lowest BCUT2D eigenvalue weighted by Gasteiger charge is -2.11. The van der Waals surface area contributed by atoms with E-state index in [-0.39, 0.29) is 11.5 Å². The molecule has 0 heterocycles. The zero-order valence-corrected chi connectivity index (χ0v) is 15.9. The van der Waals surface area contributed by atoms with Gasteiger partial charge in [0.05, 0.1) is 9.13 Å². The molecule has 2 aromatic rings. The molecular formula is C17H15BrINO2. The number of ketones is 1. The van der Waals surface area contributed by atoms with Gasteiger partial charge >= 0.3 is 0 Å². The number of phenols is 1. The largest absolute Gasteiger partial charge is 0.506 e. The first-order valence-corrected chi connectivity index (χ1v) is 8.43. The van der Waals surface area contributed by atoms with Gasteiger partial charge in [-0.3, -0.25) is 4.79 Å². The first-order chi connectivity index (χ1) is 10.4. The molecule has 0 aliphatic rings. The number of carbonyl (C=O) groups is 1. The number of halogens is 2. The lowest BCUT2D eigenvalue weighted by Crippen LogP contribution is -2.07. The second-order valence-corrected chi connectivity index (χ2v) is 7.05. The number of phenolic OH excluding ortho intramolecular Hbond substituents is 1. The third kappa shape index (κ3) is 4.10. The molecule has 2 rings (SSSR count). The Balaban J connectivity index is 2.21. The lowest BCUT2D eigenvalue weighted by atomic mass is 10.1. The van der Waals surface area contributed by atoms with Crippen LogP contribution in [-0.4, -0.2) is 25.0 Å². The van der Waals surface area contributed by atoms with Crippen LogP contribution in [0.4, 0.5) is 5.69 Å². The molecule has 3 nitrogen and oxygen atoms in total. The molecule has 2 aromatic carbocycles. The van der Waals surface area contributed by atoms with Gasteiger partial charge in [0.1, 0.15) is 5.75 Å². The van der Waals surface area contributed by atoms with Gasteiger partial charge in [0.2, 0.25) is 0 Å². The monoisotopic (exact) mass is 471 g/mol. The first-order valence-electron chi connectivity index (χ1n) is 6.56. The average molecular weight is 472 g/mol. The van der Waals surface area contributed by atoms with Crippen LogP contribution in [0.5, 0.6) is 5.75 Å². The van der Waals surface area contributed by atoms with Gasteiger partial charge in [-0.15, -0.1) is 0 Å². The number of allylic oxidation sites excluding steroid dienone is 1. The Morgan fingerprint density at radius 3 is 2.45 bits per heavy atom. The highest BCUT2D eigenvalue weighted by Gasteiger charge is 2.12. The highest BCUT2D eigenvalue weighted by molar-refractivity contribution is 14.1. The highest BCUT2D eigenvalue weighted by Crippen LogP contribution is 2.29. The minimum absolute atomic E-state index is 0.0152. The fourth-order valence-corrected chi connectivity index (χ4v) is 3.41. The van der Waals surface area contributed by atoms with E-state index < -0.39 is 0 Å². The minimum Gasteiger partial charge on any atom is -0.506 e. The van der Waals surface area contributed by atoms with E-state index >= 15 is 0 Å². The van der Waals surface area contributed by atoms with E-state index in [1.54, 1.807) is 18.2 Å². The number of rotatable bonds is 4. The second-order valence-electron chi connectivity index (χ2n) is 4.97. The van der Waals surface area contributed by atoms with E-state index in [1.807, 2.05) is 65.9 Å². The van der Waals surface area contributed by atoms with Crippen LogP contribution in [0, 0.1) is 3.57 Å². The number of hydrogen-bond donors (Lipinski definition) is 1. The maximum atomic E-state index is 12.2. The number of anilines is 1. The Kier molecular flexibility index (Phi) is 5.63. The molecule has 0 saturated carbocycles. The Morgan fingerprint density at radius 1 is 1.23 bits per heavy atom. The molecule has 0 atom stereocenters. The number of nitrogens with zero attached hydrogens (tertiary/aromatic N) is 1. The topological polar surface area (TPSA) is 40.5 Å². The van der Waals surface area contributed by atoms with Crippen molar-refractivity contribution in [2.45, 2.75) is 0 Å².